The van der Waals surface area contributed by atoms with Crippen molar-refractivity contribution >= 4 is 17.6 Å². The highest BCUT2D eigenvalue weighted by Gasteiger charge is 2.41. The van der Waals surface area contributed by atoms with Gasteiger partial charge in [0.1, 0.15) is 12.4 Å². The fourth-order valence-electron chi connectivity index (χ4n) is 2.42. The standard InChI is InChI=1S/C16H21NO5/c1-10-3-6-13(14(9-10)22-8-7-21-2)17-15(18)11-4-5-12(11)16(19)20/h3,6,9,11-12H,4-5,7-8H2,1-2H3,(H,17,18)(H,19,20). The van der Waals surface area contributed by atoms with Gasteiger partial charge >= 0.3 is 5.97 Å². The smallest absolute Gasteiger partial charge is 0.307 e. The van der Waals surface area contributed by atoms with Crippen LogP contribution in [0.2, 0.25) is 0 Å². The van der Waals surface area contributed by atoms with Crippen molar-refractivity contribution in [2.24, 2.45) is 11.8 Å². The number of carboxylic acid groups (broad SMARTS) is 1. The molecule has 1 saturated carbocycles. The van der Waals surface area contributed by atoms with Crippen LogP contribution < -0.4 is 10.1 Å². The van der Waals surface area contributed by atoms with Gasteiger partial charge in [0.25, 0.3) is 0 Å². The number of nitrogens with one attached hydrogen (secondary N) is 1. The molecule has 2 N–H and O–H groups in total. The molecule has 0 aliphatic heterocycles. The molecule has 2 rings (SSSR count). The van der Waals surface area contributed by atoms with E-state index in [9.17, 15) is 9.59 Å². The molecule has 1 aromatic rings. The molecule has 1 amide bonds. The Bertz CT molecular complexity index is 557. The molecule has 0 bridgehead atoms. The molecule has 1 aromatic carbocycles. The summed E-state index contributed by atoms with van der Waals surface area (Å²) in [6.07, 6.45) is 1.16. The Hall–Kier alpha value is -2.08. The zero-order valence-corrected chi connectivity index (χ0v) is 12.8. The summed E-state index contributed by atoms with van der Waals surface area (Å²) < 4.78 is 10.6. The van der Waals surface area contributed by atoms with Gasteiger partial charge in [-0.2, -0.15) is 0 Å². The summed E-state index contributed by atoms with van der Waals surface area (Å²) in [7, 11) is 1.59. The molecular weight excluding hydrogens is 286 g/mol. The molecule has 0 aromatic heterocycles. The van der Waals surface area contributed by atoms with Crippen LogP contribution in [0.3, 0.4) is 0 Å². The molecule has 0 radical (unpaired) electrons. The lowest BCUT2D eigenvalue weighted by Crippen LogP contribution is -2.41. The summed E-state index contributed by atoms with van der Waals surface area (Å²) in [5.41, 5.74) is 1.57. The Morgan fingerprint density at radius 3 is 2.59 bits per heavy atom. The van der Waals surface area contributed by atoms with Crippen molar-refractivity contribution in [2.75, 3.05) is 25.6 Å². The van der Waals surface area contributed by atoms with Gasteiger partial charge in [-0.3, -0.25) is 9.59 Å². The average molecular weight is 307 g/mol. The van der Waals surface area contributed by atoms with Gasteiger partial charge in [0.15, 0.2) is 0 Å². The van der Waals surface area contributed by atoms with E-state index < -0.39 is 17.8 Å². The van der Waals surface area contributed by atoms with Crippen LogP contribution in [0.25, 0.3) is 0 Å². The SMILES string of the molecule is COCCOc1cc(C)ccc1NC(=O)C1CCC1C(=O)O. The number of aliphatic carboxylic acids is 1. The largest absolute Gasteiger partial charge is 0.489 e. The van der Waals surface area contributed by atoms with E-state index in [0.717, 1.165) is 5.56 Å². The monoisotopic (exact) mass is 307 g/mol. The van der Waals surface area contributed by atoms with E-state index in [0.29, 0.717) is 37.5 Å². The molecule has 1 aliphatic carbocycles. The Morgan fingerprint density at radius 1 is 1.27 bits per heavy atom. The highest BCUT2D eigenvalue weighted by Crippen LogP contribution is 2.36. The quantitative estimate of drug-likeness (QED) is 0.753. The lowest BCUT2D eigenvalue weighted by atomic mass is 9.73. The van der Waals surface area contributed by atoms with E-state index in [1.807, 2.05) is 19.1 Å². The maximum atomic E-state index is 12.2. The number of rotatable bonds is 7. The Balaban J connectivity index is 2.05. The maximum absolute atomic E-state index is 12.2. The summed E-state index contributed by atoms with van der Waals surface area (Å²) >= 11 is 0. The highest BCUT2D eigenvalue weighted by atomic mass is 16.5. The van der Waals surface area contributed by atoms with Gasteiger partial charge < -0.3 is 19.9 Å². The fourth-order valence-corrected chi connectivity index (χ4v) is 2.42. The number of carbonyl (C=O) groups is 2. The summed E-state index contributed by atoms with van der Waals surface area (Å²) in [6.45, 7) is 2.76. The minimum Gasteiger partial charge on any atom is -0.489 e. The molecule has 22 heavy (non-hydrogen) atoms. The lowest BCUT2D eigenvalue weighted by molar-refractivity contribution is -0.151. The lowest BCUT2D eigenvalue weighted by Gasteiger charge is -2.32. The molecule has 120 valence electrons. The van der Waals surface area contributed by atoms with Crippen molar-refractivity contribution in [3.05, 3.63) is 23.8 Å². The molecule has 2 unspecified atom stereocenters. The Labute approximate surface area is 129 Å². The number of methoxy groups -OCH3 is 1. The first-order valence-electron chi connectivity index (χ1n) is 7.29. The number of amides is 1. The highest BCUT2D eigenvalue weighted by molar-refractivity contribution is 5.97. The van der Waals surface area contributed by atoms with Crippen LogP contribution in [0.15, 0.2) is 18.2 Å². The van der Waals surface area contributed by atoms with E-state index in [-0.39, 0.29) is 5.91 Å². The van der Waals surface area contributed by atoms with E-state index in [4.69, 9.17) is 14.6 Å². The number of hydrogen-bond acceptors (Lipinski definition) is 4. The van der Waals surface area contributed by atoms with Crippen LogP contribution in [-0.2, 0) is 14.3 Å². The molecule has 6 heteroatoms. The third kappa shape index (κ3) is 3.76. The van der Waals surface area contributed by atoms with Gasteiger partial charge in [-0.05, 0) is 37.5 Å². The van der Waals surface area contributed by atoms with Crippen LogP contribution in [-0.4, -0.2) is 37.3 Å². The predicted octanol–water partition coefficient (Wildman–Crippen LogP) is 2.07. The first-order valence-corrected chi connectivity index (χ1v) is 7.29. The van der Waals surface area contributed by atoms with E-state index in [1.54, 1.807) is 13.2 Å². The van der Waals surface area contributed by atoms with Gasteiger partial charge in [-0.25, -0.2) is 0 Å². The van der Waals surface area contributed by atoms with Crippen molar-refractivity contribution in [3.8, 4) is 5.75 Å². The normalized spacial score (nSPS) is 20.1. The van der Waals surface area contributed by atoms with Crippen molar-refractivity contribution in [3.63, 3.8) is 0 Å². The second kappa shape index (κ2) is 7.26. The van der Waals surface area contributed by atoms with Crippen molar-refractivity contribution in [1.29, 1.82) is 0 Å². The molecule has 0 heterocycles. The molecule has 2 atom stereocenters. The maximum Gasteiger partial charge on any atom is 0.307 e. The van der Waals surface area contributed by atoms with Gasteiger partial charge in [0.2, 0.25) is 5.91 Å². The number of benzene rings is 1. The van der Waals surface area contributed by atoms with E-state index >= 15 is 0 Å². The number of carbonyl (C=O) groups excluding carboxylic acids is 1. The van der Waals surface area contributed by atoms with Gasteiger partial charge in [-0.15, -0.1) is 0 Å². The Morgan fingerprint density at radius 2 is 2.00 bits per heavy atom. The zero-order chi connectivity index (χ0) is 16.1. The molecule has 1 aliphatic rings. The van der Waals surface area contributed by atoms with E-state index in [2.05, 4.69) is 5.32 Å². The average Bonchev–Trinajstić information content (AvgIpc) is 2.40. The zero-order valence-electron chi connectivity index (χ0n) is 12.8. The third-order valence-electron chi connectivity index (χ3n) is 3.87. The number of ether oxygens (including phenoxy) is 2. The minimum atomic E-state index is -0.910. The van der Waals surface area contributed by atoms with Gasteiger partial charge in [0.05, 0.1) is 24.1 Å². The van der Waals surface area contributed by atoms with Crippen molar-refractivity contribution in [1.82, 2.24) is 0 Å². The van der Waals surface area contributed by atoms with Crippen LogP contribution in [0, 0.1) is 18.8 Å². The summed E-state index contributed by atoms with van der Waals surface area (Å²) in [6, 6.07) is 5.47. The molecule has 1 fully saturated rings. The van der Waals surface area contributed by atoms with Crippen LogP contribution in [0.1, 0.15) is 18.4 Å². The van der Waals surface area contributed by atoms with Crippen LogP contribution in [0.5, 0.6) is 5.75 Å². The summed E-state index contributed by atoms with van der Waals surface area (Å²) in [5.74, 6) is -1.66. The fraction of sp³-hybridized carbons (Fsp3) is 0.500. The summed E-state index contributed by atoms with van der Waals surface area (Å²) in [4.78, 5) is 23.2. The molecular formula is C16H21NO5. The molecule has 0 saturated heterocycles. The van der Waals surface area contributed by atoms with Gasteiger partial charge in [0, 0.05) is 7.11 Å². The number of hydrogen-bond donors (Lipinski definition) is 2. The van der Waals surface area contributed by atoms with Crippen LogP contribution >= 0.6 is 0 Å². The van der Waals surface area contributed by atoms with E-state index in [1.165, 1.54) is 0 Å². The minimum absolute atomic E-state index is 0.265. The third-order valence-corrected chi connectivity index (χ3v) is 3.87. The number of aryl methyl sites for hydroxylation is 1. The first kappa shape index (κ1) is 16.3. The predicted molar refractivity (Wildman–Crippen MR) is 81.0 cm³/mol. The summed E-state index contributed by atoms with van der Waals surface area (Å²) in [5, 5.41) is 11.8. The van der Waals surface area contributed by atoms with Crippen molar-refractivity contribution in [2.45, 2.75) is 19.8 Å². The first-order chi connectivity index (χ1) is 10.5. The number of carboxylic acids is 1. The van der Waals surface area contributed by atoms with Crippen LogP contribution in [0.4, 0.5) is 5.69 Å². The second-order valence-corrected chi connectivity index (χ2v) is 5.46. The number of anilines is 1. The topological polar surface area (TPSA) is 84.9 Å². The second-order valence-electron chi connectivity index (χ2n) is 5.46. The molecule has 6 nitrogen and oxygen atoms in total. The van der Waals surface area contributed by atoms with Crippen molar-refractivity contribution < 1.29 is 24.2 Å². The van der Waals surface area contributed by atoms with Gasteiger partial charge in [-0.1, -0.05) is 6.07 Å². The molecule has 0 spiro atoms. The Kier molecular flexibility index (Phi) is 5.38.